The number of aryl methyl sites for hydroxylation is 1. The van der Waals surface area contributed by atoms with E-state index >= 15 is 0 Å². The van der Waals surface area contributed by atoms with Gasteiger partial charge in [0.15, 0.2) is 11.5 Å². The summed E-state index contributed by atoms with van der Waals surface area (Å²) in [6.45, 7) is 1.79. The number of thiazole rings is 1. The van der Waals surface area contributed by atoms with E-state index in [1.54, 1.807) is 45.4 Å². The minimum Gasteiger partial charge on any atom is -0.493 e. The van der Waals surface area contributed by atoms with Crippen LogP contribution in [0.15, 0.2) is 36.4 Å². The molecule has 8 heteroatoms. The zero-order valence-electron chi connectivity index (χ0n) is 14.8. The topological polar surface area (TPSA) is 60.5 Å². The maximum atomic E-state index is 12.7. The molecule has 0 aliphatic rings. The Hall–Kier alpha value is -2.28. The second kappa shape index (κ2) is 8.17. The van der Waals surface area contributed by atoms with Gasteiger partial charge in [0.05, 0.1) is 30.6 Å². The Morgan fingerprint density at radius 3 is 2.52 bits per heavy atom. The standard InChI is InChI=1S/C19H16Cl2N2O3S/c1-10-17(18(24)23-14-9-12(20)5-6-13(14)21)27-19(22-10)11-4-7-15(25-2)16(8-11)26-3/h4-9H,1-3H3,(H,23,24). The molecule has 0 spiro atoms. The van der Waals surface area contributed by atoms with Crippen molar-refractivity contribution in [2.75, 3.05) is 19.5 Å². The molecule has 0 aliphatic heterocycles. The predicted molar refractivity (Wildman–Crippen MR) is 110 cm³/mol. The van der Waals surface area contributed by atoms with E-state index in [0.29, 0.717) is 42.8 Å². The summed E-state index contributed by atoms with van der Waals surface area (Å²) in [4.78, 5) is 17.7. The van der Waals surface area contributed by atoms with Crippen LogP contribution >= 0.6 is 34.5 Å². The summed E-state index contributed by atoms with van der Waals surface area (Å²) in [5.41, 5.74) is 1.91. The molecule has 0 aliphatic carbocycles. The Balaban J connectivity index is 1.90. The lowest BCUT2D eigenvalue weighted by molar-refractivity contribution is 0.103. The number of halogens is 2. The fourth-order valence-electron chi connectivity index (χ4n) is 2.47. The molecule has 3 aromatic rings. The Morgan fingerprint density at radius 1 is 1.07 bits per heavy atom. The van der Waals surface area contributed by atoms with E-state index < -0.39 is 0 Å². The van der Waals surface area contributed by atoms with Crippen LogP contribution in [0.1, 0.15) is 15.4 Å². The molecule has 3 rings (SSSR count). The second-order valence-corrected chi connectivity index (χ2v) is 7.42. The highest BCUT2D eigenvalue weighted by atomic mass is 35.5. The van der Waals surface area contributed by atoms with Crippen molar-refractivity contribution in [2.45, 2.75) is 6.92 Å². The summed E-state index contributed by atoms with van der Waals surface area (Å²) in [5, 5.41) is 4.39. The summed E-state index contributed by atoms with van der Waals surface area (Å²) in [6.07, 6.45) is 0. The molecular weight excluding hydrogens is 407 g/mol. The van der Waals surface area contributed by atoms with E-state index in [4.69, 9.17) is 32.7 Å². The Labute approximate surface area is 170 Å². The molecular formula is C19H16Cl2N2O3S. The fraction of sp³-hybridized carbons (Fsp3) is 0.158. The number of aromatic nitrogens is 1. The number of hydrogen-bond donors (Lipinski definition) is 1. The van der Waals surface area contributed by atoms with Crippen molar-refractivity contribution in [1.82, 2.24) is 4.98 Å². The molecule has 1 aromatic heterocycles. The monoisotopic (exact) mass is 422 g/mol. The number of anilines is 1. The van der Waals surface area contributed by atoms with Gasteiger partial charge in [-0.1, -0.05) is 23.2 Å². The first-order valence-electron chi connectivity index (χ1n) is 7.89. The molecule has 0 bridgehead atoms. The Bertz CT molecular complexity index is 1000. The SMILES string of the molecule is COc1ccc(-c2nc(C)c(C(=O)Nc3cc(Cl)ccc3Cl)s2)cc1OC. The van der Waals surface area contributed by atoms with Crippen LogP contribution in [0.4, 0.5) is 5.69 Å². The molecule has 0 saturated heterocycles. The molecule has 0 fully saturated rings. The molecule has 0 unspecified atom stereocenters. The van der Waals surface area contributed by atoms with E-state index in [0.717, 1.165) is 5.56 Å². The number of ether oxygens (including phenoxy) is 2. The van der Waals surface area contributed by atoms with E-state index in [1.807, 2.05) is 12.1 Å². The minimum atomic E-state index is -0.291. The average Bonchev–Trinajstić information content (AvgIpc) is 3.06. The number of rotatable bonds is 5. The average molecular weight is 423 g/mol. The highest BCUT2D eigenvalue weighted by Crippen LogP contribution is 2.35. The highest BCUT2D eigenvalue weighted by molar-refractivity contribution is 7.17. The normalized spacial score (nSPS) is 10.6. The molecule has 140 valence electrons. The molecule has 27 heavy (non-hydrogen) atoms. The third-order valence-corrected chi connectivity index (χ3v) is 5.58. The van der Waals surface area contributed by atoms with Gasteiger partial charge in [-0.15, -0.1) is 11.3 Å². The molecule has 0 radical (unpaired) electrons. The highest BCUT2D eigenvalue weighted by Gasteiger charge is 2.18. The van der Waals surface area contributed by atoms with Crippen molar-refractivity contribution in [3.05, 3.63) is 57.0 Å². The number of hydrogen-bond acceptors (Lipinski definition) is 5. The van der Waals surface area contributed by atoms with Gasteiger partial charge >= 0.3 is 0 Å². The lowest BCUT2D eigenvalue weighted by Gasteiger charge is -2.08. The van der Waals surface area contributed by atoms with Gasteiger partial charge in [0.1, 0.15) is 9.88 Å². The van der Waals surface area contributed by atoms with Gasteiger partial charge in [-0.05, 0) is 43.3 Å². The van der Waals surface area contributed by atoms with Crippen LogP contribution in [0.3, 0.4) is 0 Å². The van der Waals surface area contributed by atoms with Gasteiger partial charge in [-0.2, -0.15) is 0 Å². The van der Waals surface area contributed by atoms with Crippen molar-refractivity contribution in [3.63, 3.8) is 0 Å². The molecule has 1 heterocycles. The summed E-state index contributed by atoms with van der Waals surface area (Å²) in [5.74, 6) is 0.934. The number of amides is 1. The number of nitrogens with zero attached hydrogens (tertiary/aromatic N) is 1. The number of nitrogens with one attached hydrogen (secondary N) is 1. The molecule has 1 amide bonds. The van der Waals surface area contributed by atoms with E-state index in [-0.39, 0.29) is 5.91 Å². The molecule has 0 atom stereocenters. The van der Waals surface area contributed by atoms with E-state index in [9.17, 15) is 4.79 Å². The first-order chi connectivity index (χ1) is 12.9. The summed E-state index contributed by atoms with van der Waals surface area (Å²) in [6, 6.07) is 10.4. The van der Waals surface area contributed by atoms with Crippen LogP contribution in [0, 0.1) is 6.92 Å². The van der Waals surface area contributed by atoms with Crippen LogP contribution in [-0.2, 0) is 0 Å². The number of carbonyl (C=O) groups excluding carboxylic acids is 1. The lowest BCUT2D eigenvalue weighted by atomic mass is 10.2. The van der Waals surface area contributed by atoms with Gasteiger partial charge in [-0.25, -0.2) is 4.98 Å². The third-order valence-electron chi connectivity index (χ3n) is 3.81. The fourth-order valence-corrected chi connectivity index (χ4v) is 3.77. The van der Waals surface area contributed by atoms with Crippen molar-refractivity contribution < 1.29 is 14.3 Å². The third kappa shape index (κ3) is 4.18. The first kappa shape index (κ1) is 19.5. The zero-order valence-corrected chi connectivity index (χ0v) is 17.1. The summed E-state index contributed by atoms with van der Waals surface area (Å²) >= 11 is 13.4. The van der Waals surface area contributed by atoms with Gasteiger partial charge in [-0.3, -0.25) is 4.79 Å². The molecule has 2 aromatic carbocycles. The maximum absolute atomic E-state index is 12.7. The van der Waals surface area contributed by atoms with Gasteiger partial charge < -0.3 is 14.8 Å². The zero-order chi connectivity index (χ0) is 19.6. The van der Waals surface area contributed by atoms with Crippen molar-refractivity contribution >= 4 is 46.1 Å². The Morgan fingerprint density at radius 2 is 1.81 bits per heavy atom. The van der Waals surface area contributed by atoms with Crippen LogP contribution in [0.25, 0.3) is 10.6 Å². The quantitative estimate of drug-likeness (QED) is 0.572. The maximum Gasteiger partial charge on any atom is 0.267 e. The molecule has 5 nitrogen and oxygen atoms in total. The largest absolute Gasteiger partial charge is 0.493 e. The van der Waals surface area contributed by atoms with Gasteiger partial charge in [0, 0.05) is 10.6 Å². The van der Waals surface area contributed by atoms with Crippen LogP contribution in [0.2, 0.25) is 10.0 Å². The van der Waals surface area contributed by atoms with Crippen LogP contribution in [0.5, 0.6) is 11.5 Å². The van der Waals surface area contributed by atoms with Crippen molar-refractivity contribution in [3.8, 4) is 22.1 Å². The van der Waals surface area contributed by atoms with Gasteiger partial charge in [0.25, 0.3) is 5.91 Å². The Kier molecular flexibility index (Phi) is 5.89. The van der Waals surface area contributed by atoms with Crippen LogP contribution in [-0.4, -0.2) is 25.1 Å². The first-order valence-corrected chi connectivity index (χ1v) is 9.46. The minimum absolute atomic E-state index is 0.291. The van der Waals surface area contributed by atoms with E-state index in [2.05, 4.69) is 10.3 Å². The summed E-state index contributed by atoms with van der Waals surface area (Å²) in [7, 11) is 3.15. The summed E-state index contributed by atoms with van der Waals surface area (Å²) < 4.78 is 10.6. The second-order valence-electron chi connectivity index (χ2n) is 5.58. The van der Waals surface area contributed by atoms with Gasteiger partial charge in [0.2, 0.25) is 0 Å². The van der Waals surface area contributed by atoms with Crippen LogP contribution < -0.4 is 14.8 Å². The lowest BCUT2D eigenvalue weighted by Crippen LogP contribution is -2.11. The number of methoxy groups -OCH3 is 2. The number of carbonyl (C=O) groups is 1. The predicted octanol–water partition coefficient (Wildman–Crippen LogP) is 5.69. The van der Waals surface area contributed by atoms with Crippen molar-refractivity contribution in [1.29, 1.82) is 0 Å². The van der Waals surface area contributed by atoms with E-state index in [1.165, 1.54) is 11.3 Å². The smallest absolute Gasteiger partial charge is 0.267 e. The number of benzene rings is 2. The molecule has 1 N–H and O–H groups in total. The molecule has 0 saturated carbocycles. The van der Waals surface area contributed by atoms with Crippen molar-refractivity contribution in [2.24, 2.45) is 0 Å².